The molecule has 0 saturated carbocycles. The van der Waals surface area contributed by atoms with Crippen molar-refractivity contribution in [2.45, 2.75) is 25.3 Å². The van der Waals surface area contributed by atoms with E-state index in [-0.39, 0.29) is 6.54 Å². The molecule has 2 rings (SSSR count). The molecule has 0 radical (unpaired) electrons. The van der Waals surface area contributed by atoms with Crippen LogP contribution in [-0.2, 0) is 4.79 Å². The van der Waals surface area contributed by atoms with E-state index in [9.17, 15) is 18.4 Å². The van der Waals surface area contributed by atoms with Gasteiger partial charge < -0.3 is 10.0 Å². The van der Waals surface area contributed by atoms with Crippen LogP contribution in [0.2, 0.25) is 0 Å². The number of likely N-dealkylation sites (tertiary alicyclic amines) is 1. The molecule has 102 valence electrons. The van der Waals surface area contributed by atoms with E-state index in [1.807, 2.05) is 0 Å². The quantitative estimate of drug-likeness (QED) is 0.893. The van der Waals surface area contributed by atoms with Gasteiger partial charge in [0.1, 0.15) is 23.2 Å². The number of carboxylic acids is 1. The second kappa shape index (κ2) is 5.34. The van der Waals surface area contributed by atoms with Crippen LogP contribution in [0.4, 0.5) is 8.78 Å². The molecule has 1 unspecified atom stereocenters. The van der Waals surface area contributed by atoms with E-state index in [1.165, 1.54) is 0 Å². The fourth-order valence-electron chi connectivity index (χ4n) is 2.28. The molecule has 1 amide bonds. The summed E-state index contributed by atoms with van der Waals surface area (Å²) in [6, 6.07) is 2.11. The van der Waals surface area contributed by atoms with Crippen molar-refractivity contribution in [2.75, 3.05) is 6.54 Å². The molecular formula is C13H13F2NO3. The lowest BCUT2D eigenvalue weighted by Crippen LogP contribution is -2.48. The molecule has 0 bridgehead atoms. The number of benzene rings is 1. The van der Waals surface area contributed by atoms with Gasteiger partial charge in [-0.05, 0) is 31.4 Å². The Morgan fingerprint density at radius 2 is 1.84 bits per heavy atom. The van der Waals surface area contributed by atoms with E-state index < -0.39 is 35.1 Å². The number of rotatable bonds is 2. The van der Waals surface area contributed by atoms with Crippen LogP contribution in [0.3, 0.4) is 0 Å². The van der Waals surface area contributed by atoms with Crippen LogP contribution in [0.15, 0.2) is 18.2 Å². The van der Waals surface area contributed by atoms with Crippen LogP contribution in [0, 0.1) is 11.6 Å². The number of halogens is 2. The van der Waals surface area contributed by atoms with E-state index in [4.69, 9.17) is 5.11 Å². The second-order valence-electron chi connectivity index (χ2n) is 4.45. The molecule has 0 aromatic heterocycles. The average molecular weight is 269 g/mol. The Balaban J connectivity index is 2.34. The Kier molecular flexibility index (Phi) is 3.78. The maximum absolute atomic E-state index is 13.5. The van der Waals surface area contributed by atoms with Gasteiger partial charge in [0.05, 0.1) is 0 Å². The highest BCUT2D eigenvalue weighted by Gasteiger charge is 2.34. The molecule has 6 heteroatoms. The summed E-state index contributed by atoms with van der Waals surface area (Å²) in [7, 11) is 0. The van der Waals surface area contributed by atoms with Gasteiger partial charge in [-0.25, -0.2) is 13.6 Å². The topological polar surface area (TPSA) is 57.6 Å². The van der Waals surface area contributed by atoms with Gasteiger partial charge in [-0.3, -0.25) is 4.79 Å². The first-order chi connectivity index (χ1) is 9.02. The largest absolute Gasteiger partial charge is 0.480 e. The first-order valence-corrected chi connectivity index (χ1v) is 6.00. The van der Waals surface area contributed by atoms with E-state index in [2.05, 4.69) is 0 Å². The third kappa shape index (κ3) is 2.57. The van der Waals surface area contributed by atoms with Crippen molar-refractivity contribution < 1.29 is 23.5 Å². The van der Waals surface area contributed by atoms with E-state index in [1.54, 1.807) is 0 Å². The Hall–Kier alpha value is -1.98. The van der Waals surface area contributed by atoms with Crippen LogP contribution >= 0.6 is 0 Å². The summed E-state index contributed by atoms with van der Waals surface area (Å²) in [5, 5.41) is 9.06. The number of carbonyl (C=O) groups is 2. The summed E-state index contributed by atoms with van der Waals surface area (Å²) < 4.78 is 27.1. The standard InChI is InChI=1S/C13H13F2NO3/c14-8-4-3-5-9(15)11(8)12(17)16-7-2-1-6-10(16)13(18)19/h3-5,10H,1-2,6-7H2,(H,18,19). The predicted molar refractivity (Wildman–Crippen MR) is 62.7 cm³/mol. The second-order valence-corrected chi connectivity index (χ2v) is 4.45. The van der Waals surface area contributed by atoms with E-state index in [0.717, 1.165) is 23.1 Å². The zero-order valence-corrected chi connectivity index (χ0v) is 10.1. The highest BCUT2D eigenvalue weighted by Crippen LogP contribution is 2.22. The summed E-state index contributed by atoms with van der Waals surface area (Å²) in [4.78, 5) is 24.3. The molecule has 1 aromatic carbocycles. The number of carbonyl (C=O) groups excluding carboxylic acids is 1. The number of nitrogens with zero attached hydrogens (tertiary/aromatic N) is 1. The SMILES string of the molecule is O=C(O)C1CCCCN1C(=O)c1c(F)cccc1F. The molecule has 19 heavy (non-hydrogen) atoms. The van der Waals surface area contributed by atoms with Crippen LogP contribution in [0.1, 0.15) is 29.6 Å². The molecule has 1 aromatic rings. The number of piperidine rings is 1. The zero-order valence-electron chi connectivity index (χ0n) is 10.1. The molecule has 1 heterocycles. The molecule has 1 N–H and O–H groups in total. The Labute approximate surface area is 108 Å². The normalized spacial score (nSPS) is 19.3. The fraction of sp³-hybridized carbons (Fsp3) is 0.385. The minimum Gasteiger partial charge on any atom is -0.480 e. The number of amides is 1. The van der Waals surface area contributed by atoms with Crippen molar-refractivity contribution in [3.8, 4) is 0 Å². The van der Waals surface area contributed by atoms with Gasteiger partial charge in [0.2, 0.25) is 0 Å². The monoisotopic (exact) mass is 269 g/mol. The summed E-state index contributed by atoms with van der Waals surface area (Å²) >= 11 is 0. The molecule has 1 saturated heterocycles. The number of aliphatic carboxylic acids is 1. The molecule has 1 fully saturated rings. The average Bonchev–Trinajstić information content (AvgIpc) is 2.38. The number of hydrogen-bond acceptors (Lipinski definition) is 2. The van der Waals surface area contributed by atoms with Crippen molar-refractivity contribution in [1.29, 1.82) is 0 Å². The van der Waals surface area contributed by atoms with Gasteiger partial charge in [0.25, 0.3) is 5.91 Å². The molecule has 1 aliphatic heterocycles. The fourth-order valence-corrected chi connectivity index (χ4v) is 2.28. The summed E-state index contributed by atoms with van der Waals surface area (Å²) in [5.74, 6) is -3.99. The minimum atomic E-state index is -1.15. The lowest BCUT2D eigenvalue weighted by molar-refractivity contribution is -0.143. The van der Waals surface area contributed by atoms with Crippen molar-refractivity contribution in [1.82, 2.24) is 4.90 Å². The maximum Gasteiger partial charge on any atom is 0.326 e. The van der Waals surface area contributed by atoms with Gasteiger partial charge in [0.15, 0.2) is 0 Å². The van der Waals surface area contributed by atoms with Gasteiger partial charge in [-0.1, -0.05) is 6.07 Å². The maximum atomic E-state index is 13.5. The lowest BCUT2D eigenvalue weighted by atomic mass is 10.0. The van der Waals surface area contributed by atoms with Crippen molar-refractivity contribution in [3.05, 3.63) is 35.4 Å². The third-order valence-corrected chi connectivity index (χ3v) is 3.23. The Morgan fingerprint density at radius 3 is 2.42 bits per heavy atom. The van der Waals surface area contributed by atoms with Crippen LogP contribution in [-0.4, -0.2) is 34.5 Å². The Morgan fingerprint density at radius 1 is 1.21 bits per heavy atom. The molecule has 1 atom stereocenters. The number of hydrogen-bond donors (Lipinski definition) is 1. The third-order valence-electron chi connectivity index (χ3n) is 3.23. The first kappa shape index (κ1) is 13.5. The molecule has 4 nitrogen and oxygen atoms in total. The van der Waals surface area contributed by atoms with Gasteiger partial charge in [-0.2, -0.15) is 0 Å². The van der Waals surface area contributed by atoms with Crippen LogP contribution < -0.4 is 0 Å². The van der Waals surface area contributed by atoms with Gasteiger partial charge >= 0.3 is 5.97 Å². The smallest absolute Gasteiger partial charge is 0.326 e. The van der Waals surface area contributed by atoms with Crippen molar-refractivity contribution >= 4 is 11.9 Å². The van der Waals surface area contributed by atoms with E-state index >= 15 is 0 Å². The van der Waals surface area contributed by atoms with Crippen molar-refractivity contribution in [3.63, 3.8) is 0 Å². The van der Waals surface area contributed by atoms with Gasteiger partial charge in [-0.15, -0.1) is 0 Å². The predicted octanol–water partition coefficient (Wildman–Crippen LogP) is 2.04. The van der Waals surface area contributed by atoms with Crippen molar-refractivity contribution in [2.24, 2.45) is 0 Å². The van der Waals surface area contributed by atoms with Gasteiger partial charge in [0, 0.05) is 6.54 Å². The van der Waals surface area contributed by atoms with Crippen LogP contribution in [0.25, 0.3) is 0 Å². The Bertz CT molecular complexity index is 498. The van der Waals surface area contributed by atoms with E-state index in [0.29, 0.717) is 19.3 Å². The molecule has 0 aliphatic carbocycles. The summed E-state index contributed by atoms with van der Waals surface area (Å²) in [5.41, 5.74) is -0.685. The number of carboxylic acid groups (broad SMARTS) is 1. The summed E-state index contributed by atoms with van der Waals surface area (Å²) in [6.45, 7) is 0.198. The highest BCUT2D eigenvalue weighted by molar-refractivity contribution is 5.97. The lowest BCUT2D eigenvalue weighted by Gasteiger charge is -2.33. The van der Waals surface area contributed by atoms with Crippen LogP contribution in [0.5, 0.6) is 0 Å². The molecule has 1 aliphatic rings. The highest BCUT2D eigenvalue weighted by atomic mass is 19.1. The minimum absolute atomic E-state index is 0.198. The first-order valence-electron chi connectivity index (χ1n) is 6.00. The zero-order chi connectivity index (χ0) is 14.0. The summed E-state index contributed by atoms with van der Waals surface area (Å²) in [6.07, 6.45) is 1.61. The molecule has 0 spiro atoms. The molecular weight excluding hydrogens is 256 g/mol.